The number of alkyl halides is 2. The van der Waals surface area contributed by atoms with Gasteiger partial charge in [0.25, 0.3) is 6.43 Å². The zero-order valence-electron chi connectivity index (χ0n) is 9.61. The fourth-order valence-electron chi connectivity index (χ4n) is 1.52. The van der Waals surface area contributed by atoms with Gasteiger partial charge in [0.05, 0.1) is 26.9 Å². The molecule has 96 valence electrons. The fourth-order valence-corrected chi connectivity index (χ4v) is 1.52. The number of ether oxygens (including phenoxy) is 2. The third-order valence-electron chi connectivity index (χ3n) is 2.38. The Bertz CT molecular complexity index is 385. The summed E-state index contributed by atoms with van der Waals surface area (Å²) in [6.07, 6.45) is -2.64. The Morgan fingerprint density at radius 2 is 1.94 bits per heavy atom. The van der Waals surface area contributed by atoms with Crippen molar-refractivity contribution in [2.45, 2.75) is 12.5 Å². The zero-order chi connectivity index (χ0) is 13.0. The molecule has 0 saturated heterocycles. The molecule has 3 N–H and O–H groups in total. The Balaban J connectivity index is 3.37. The summed E-state index contributed by atoms with van der Waals surface area (Å²) in [6, 6.07) is 1.61. The van der Waals surface area contributed by atoms with E-state index in [0.717, 1.165) is 0 Å². The number of rotatable bonds is 5. The third-order valence-corrected chi connectivity index (χ3v) is 2.38. The minimum absolute atomic E-state index is 0.171. The smallest absolute Gasteiger partial charge is 0.263 e. The lowest BCUT2D eigenvalue weighted by molar-refractivity contribution is 0.150. The molecule has 0 amide bonds. The average molecular weight is 247 g/mol. The molecule has 0 aliphatic carbocycles. The van der Waals surface area contributed by atoms with Gasteiger partial charge in [-0.15, -0.1) is 0 Å². The molecule has 1 aromatic carbocycles. The Morgan fingerprint density at radius 1 is 1.29 bits per heavy atom. The molecule has 1 aromatic rings. The van der Waals surface area contributed by atoms with Gasteiger partial charge in [0.2, 0.25) is 0 Å². The van der Waals surface area contributed by atoms with Gasteiger partial charge < -0.3 is 20.3 Å². The van der Waals surface area contributed by atoms with E-state index in [4.69, 9.17) is 20.3 Å². The molecule has 1 rings (SSSR count). The lowest BCUT2D eigenvalue weighted by atomic mass is 10.0. The first-order valence-electron chi connectivity index (χ1n) is 4.95. The maximum absolute atomic E-state index is 12.7. The molecule has 0 bridgehead atoms. The van der Waals surface area contributed by atoms with E-state index in [0.29, 0.717) is 5.56 Å². The molecule has 0 spiro atoms. The summed E-state index contributed by atoms with van der Waals surface area (Å²) < 4.78 is 35.4. The number of aliphatic hydroxyl groups excluding tert-OH is 1. The van der Waals surface area contributed by atoms with Gasteiger partial charge in [-0.3, -0.25) is 0 Å². The molecule has 0 radical (unpaired) electrons. The Morgan fingerprint density at radius 3 is 2.35 bits per heavy atom. The van der Waals surface area contributed by atoms with E-state index in [9.17, 15) is 8.78 Å². The molecule has 0 aliphatic rings. The number of benzene rings is 1. The van der Waals surface area contributed by atoms with E-state index in [2.05, 4.69) is 0 Å². The van der Waals surface area contributed by atoms with Gasteiger partial charge in [-0.1, -0.05) is 0 Å². The maximum Gasteiger partial charge on any atom is 0.263 e. The summed E-state index contributed by atoms with van der Waals surface area (Å²) in [5, 5.41) is 8.99. The van der Waals surface area contributed by atoms with Crippen LogP contribution in [0.15, 0.2) is 12.1 Å². The SMILES string of the molecule is COc1cc(C(F)F)cc(C(N)CO)c1OC. The monoisotopic (exact) mass is 247 g/mol. The first-order valence-corrected chi connectivity index (χ1v) is 4.95. The Hall–Kier alpha value is -1.40. The van der Waals surface area contributed by atoms with Crippen LogP contribution in [-0.4, -0.2) is 25.9 Å². The van der Waals surface area contributed by atoms with E-state index < -0.39 is 12.5 Å². The van der Waals surface area contributed by atoms with Gasteiger partial charge in [0, 0.05) is 11.1 Å². The predicted octanol–water partition coefficient (Wildman–Crippen LogP) is 1.63. The number of hydrogen-bond acceptors (Lipinski definition) is 4. The summed E-state index contributed by atoms with van der Waals surface area (Å²) in [7, 11) is 2.73. The van der Waals surface area contributed by atoms with E-state index >= 15 is 0 Å². The van der Waals surface area contributed by atoms with Gasteiger partial charge in [-0.05, 0) is 12.1 Å². The summed E-state index contributed by atoms with van der Waals surface area (Å²) in [4.78, 5) is 0. The lowest BCUT2D eigenvalue weighted by Crippen LogP contribution is -2.16. The van der Waals surface area contributed by atoms with Gasteiger partial charge in [-0.2, -0.15) is 0 Å². The van der Waals surface area contributed by atoms with Crippen LogP contribution in [0.1, 0.15) is 23.6 Å². The van der Waals surface area contributed by atoms with Crippen molar-refractivity contribution < 1.29 is 23.4 Å². The van der Waals surface area contributed by atoms with E-state index in [1.165, 1.54) is 26.4 Å². The number of nitrogens with two attached hydrogens (primary N) is 1. The molecule has 17 heavy (non-hydrogen) atoms. The minimum Gasteiger partial charge on any atom is -0.493 e. The Kier molecular flexibility index (Phi) is 4.65. The van der Waals surface area contributed by atoms with Crippen LogP contribution < -0.4 is 15.2 Å². The van der Waals surface area contributed by atoms with Crippen molar-refractivity contribution in [3.63, 3.8) is 0 Å². The van der Waals surface area contributed by atoms with Crippen LogP contribution in [0.4, 0.5) is 8.78 Å². The molecule has 0 aromatic heterocycles. The Labute approximate surface area is 97.9 Å². The summed E-state index contributed by atoms with van der Waals surface area (Å²) >= 11 is 0. The van der Waals surface area contributed by atoms with Crippen molar-refractivity contribution in [1.82, 2.24) is 0 Å². The molecule has 4 nitrogen and oxygen atoms in total. The molecule has 0 fully saturated rings. The molecule has 6 heteroatoms. The molecule has 1 atom stereocenters. The first kappa shape index (κ1) is 13.7. The number of aliphatic hydroxyl groups is 1. The van der Waals surface area contributed by atoms with Crippen molar-refractivity contribution >= 4 is 0 Å². The third kappa shape index (κ3) is 2.83. The first-order chi connectivity index (χ1) is 8.04. The van der Waals surface area contributed by atoms with Crippen LogP contribution >= 0.6 is 0 Å². The van der Waals surface area contributed by atoms with Crippen LogP contribution in [0, 0.1) is 0 Å². The maximum atomic E-state index is 12.7. The number of methoxy groups -OCH3 is 2. The second-order valence-electron chi connectivity index (χ2n) is 3.44. The lowest BCUT2D eigenvalue weighted by Gasteiger charge is -2.18. The molecule has 1 unspecified atom stereocenters. The highest BCUT2D eigenvalue weighted by molar-refractivity contribution is 5.51. The van der Waals surface area contributed by atoms with Gasteiger partial charge >= 0.3 is 0 Å². The normalized spacial score (nSPS) is 12.6. The molecular weight excluding hydrogens is 232 g/mol. The molecule has 0 heterocycles. The molecular formula is C11H15F2NO3. The standard InChI is InChI=1S/C11H15F2NO3/c1-16-9-4-6(11(12)13)3-7(8(14)5-15)10(9)17-2/h3-4,8,11,15H,5,14H2,1-2H3. The highest BCUT2D eigenvalue weighted by Gasteiger charge is 2.20. The summed E-state index contributed by atoms with van der Waals surface area (Å²) in [5.41, 5.74) is 5.71. The van der Waals surface area contributed by atoms with Crippen molar-refractivity contribution in [2.24, 2.45) is 5.73 Å². The van der Waals surface area contributed by atoms with E-state index in [-0.39, 0.29) is 23.7 Å². The van der Waals surface area contributed by atoms with Crippen LogP contribution in [0.5, 0.6) is 11.5 Å². The highest BCUT2D eigenvalue weighted by atomic mass is 19.3. The predicted molar refractivity (Wildman–Crippen MR) is 58.5 cm³/mol. The number of hydrogen-bond donors (Lipinski definition) is 2. The van der Waals surface area contributed by atoms with Crippen molar-refractivity contribution in [2.75, 3.05) is 20.8 Å². The van der Waals surface area contributed by atoms with Crippen LogP contribution in [0.25, 0.3) is 0 Å². The average Bonchev–Trinajstić information content (AvgIpc) is 2.35. The van der Waals surface area contributed by atoms with Gasteiger partial charge in [0.15, 0.2) is 11.5 Å². The van der Waals surface area contributed by atoms with Gasteiger partial charge in [0.1, 0.15) is 0 Å². The van der Waals surface area contributed by atoms with Crippen molar-refractivity contribution in [3.8, 4) is 11.5 Å². The van der Waals surface area contributed by atoms with Crippen LogP contribution in [0.3, 0.4) is 0 Å². The number of halogens is 2. The fraction of sp³-hybridized carbons (Fsp3) is 0.455. The van der Waals surface area contributed by atoms with E-state index in [1.54, 1.807) is 0 Å². The van der Waals surface area contributed by atoms with Gasteiger partial charge in [-0.25, -0.2) is 8.78 Å². The summed E-state index contributed by atoms with van der Waals surface area (Å²) in [6.45, 7) is -0.369. The highest BCUT2D eigenvalue weighted by Crippen LogP contribution is 2.38. The van der Waals surface area contributed by atoms with E-state index in [1.807, 2.05) is 0 Å². The second-order valence-corrected chi connectivity index (χ2v) is 3.44. The van der Waals surface area contributed by atoms with Crippen LogP contribution in [0.2, 0.25) is 0 Å². The van der Waals surface area contributed by atoms with Crippen molar-refractivity contribution in [3.05, 3.63) is 23.3 Å². The minimum atomic E-state index is -2.64. The van der Waals surface area contributed by atoms with Crippen LogP contribution in [-0.2, 0) is 0 Å². The second kappa shape index (κ2) is 5.79. The largest absolute Gasteiger partial charge is 0.493 e. The van der Waals surface area contributed by atoms with Crippen molar-refractivity contribution in [1.29, 1.82) is 0 Å². The zero-order valence-corrected chi connectivity index (χ0v) is 9.61. The molecule has 0 aliphatic heterocycles. The summed E-state index contributed by atoms with van der Waals surface area (Å²) in [5.74, 6) is 0.433. The quantitative estimate of drug-likeness (QED) is 0.830. The topological polar surface area (TPSA) is 64.7 Å². The molecule has 0 saturated carbocycles.